The van der Waals surface area contributed by atoms with Crippen LogP contribution < -0.4 is 0 Å². The van der Waals surface area contributed by atoms with Crippen LogP contribution in [0.5, 0.6) is 0 Å². The maximum Gasteiger partial charge on any atom is 0.253 e. The number of benzene rings is 3. The largest absolute Gasteiger partial charge is 0.337 e. The van der Waals surface area contributed by atoms with Gasteiger partial charge in [0.1, 0.15) is 5.82 Å². The van der Waals surface area contributed by atoms with Crippen LogP contribution in [0.25, 0.3) is 0 Å². The number of fused-ring (bicyclic) bond motifs is 2. The van der Waals surface area contributed by atoms with Crippen LogP contribution in [0.2, 0.25) is 0 Å². The topological polar surface area (TPSA) is 71.5 Å². The van der Waals surface area contributed by atoms with Crippen molar-refractivity contribution in [3.63, 3.8) is 0 Å². The molecule has 146 valence electrons. The molecule has 1 amide bonds. The van der Waals surface area contributed by atoms with E-state index in [4.69, 9.17) is 0 Å². The van der Waals surface area contributed by atoms with Crippen LogP contribution in [0.1, 0.15) is 31.8 Å². The molecule has 7 heteroatoms. The Balaban J connectivity index is 1.69. The second-order valence-electron chi connectivity index (χ2n) is 6.83. The Hall–Kier alpha value is -3.32. The fourth-order valence-electron chi connectivity index (χ4n) is 3.37. The minimum absolute atomic E-state index is 0.0539. The van der Waals surface area contributed by atoms with Gasteiger partial charge in [0, 0.05) is 30.3 Å². The van der Waals surface area contributed by atoms with Crippen molar-refractivity contribution in [3.05, 3.63) is 94.8 Å². The van der Waals surface area contributed by atoms with E-state index in [-0.39, 0.29) is 44.6 Å². The molecule has 0 N–H and O–H groups in total. The lowest BCUT2D eigenvalue weighted by atomic mass is 10.0. The summed E-state index contributed by atoms with van der Waals surface area (Å²) in [5.41, 5.74) is 1.08. The quantitative estimate of drug-likeness (QED) is 0.519. The highest BCUT2D eigenvalue weighted by atomic mass is 32.2. The first kappa shape index (κ1) is 19.0. The summed E-state index contributed by atoms with van der Waals surface area (Å²) in [5.74, 6) is -1.16. The number of hydrogen-bond donors (Lipinski definition) is 0. The summed E-state index contributed by atoms with van der Waals surface area (Å²) in [6.45, 7) is 0.227. The van der Waals surface area contributed by atoms with Crippen LogP contribution in [0.15, 0.2) is 76.5 Å². The first-order valence-electron chi connectivity index (χ1n) is 8.82. The maximum absolute atomic E-state index is 13.1. The SMILES string of the molecule is CN(Cc1ccc(F)cc1)C(=O)c1ccc2c(c1)S(=O)(=O)c1ccccc1C2=O. The molecule has 5 nitrogen and oxygen atoms in total. The molecule has 29 heavy (non-hydrogen) atoms. The van der Waals surface area contributed by atoms with E-state index < -0.39 is 15.7 Å². The van der Waals surface area contributed by atoms with Gasteiger partial charge in [-0.25, -0.2) is 12.8 Å². The number of carbonyl (C=O) groups is 2. The Morgan fingerprint density at radius 1 is 0.931 bits per heavy atom. The van der Waals surface area contributed by atoms with Crippen molar-refractivity contribution in [3.8, 4) is 0 Å². The summed E-state index contributed by atoms with van der Waals surface area (Å²) in [6.07, 6.45) is 0. The van der Waals surface area contributed by atoms with Gasteiger partial charge in [-0.3, -0.25) is 9.59 Å². The molecule has 0 atom stereocenters. The van der Waals surface area contributed by atoms with E-state index in [1.165, 1.54) is 47.4 Å². The zero-order valence-electron chi connectivity index (χ0n) is 15.4. The number of hydrogen-bond acceptors (Lipinski definition) is 4. The second kappa shape index (κ2) is 6.93. The van der Waals surface area contributed by atoms with Crippen molar-refractivity contribution in [2.75, 3.05) is 7.05 Å². The van der Waals surface area contributed by atoms with E-state index in [9.17, 15) is 22.4 Å². The predicted octanol–water partition coefficient (Wildman–Crippen LogP) is 3.48. The molecule has 0 radical (unpaired) electrons. The van der Waals surface area contributed by atoms with E-state index in [0.29, 0.717) is 0 Å². The third kappa shape index (κ3) is 3.23. The Morgan fingerprint density at radius 3 is 2.31 bits per heavy atom. The molecule has 3 aromatic rings. The summed E-state index contributed by atoms with van der Waals surface area (Å²) in [7, 11) is -2.34. The van der Waals surface area contributed by atoms with Gasteiger partial charge in [-0.05, 0) is 48.0 Å². The predicted molar refractivity (Wildman–Crippen MR) is 104 cm³/mol. The van der Waals surface area contributed by atoms with E-state index >= 15 is 0 Å². The Morgan fingerprint density at radius 2 is 1.59 bits per heavy atom. The summed E-state index contributed by atoms with van der Waals surface area (Å²) in [6, 6.07) is 15.9. The zero-order chi connectivity index (χ0) is 20.8. The van der Waals surface area contributed by atoms with E-state index in [2.05, 4.69) is 0 Å². The molecular weight excluding hydrogens is 393 g/mol. The standard InChI is InChI=1S/C22H16FNO4S/c1-24(13-14-6-9-16(23)10-7-14)22(26)15-8-11-18-20(12-15)29(27,28)19-5-3-2-4-17(19)21(18)25/h2-12H,13H2,1H3. The zero-order valence-corrected chi connectivity index (χ0v) is 16.2. The number of sulfone groups is 1. The molecule has 0 bridgehead atoms. The highest BCUT2D eigenvalue weighted by molar-refractivity contribution is 7.91. The minimum Gasteiger partial charge on any atom is -0.337 e. The molecule has 1 heterocycles. The summed E-state index contributed by atoms with van der Waals surface area (Å²) in [5, 5.41) is 0. The van der Waals surface area contributed by atoms with Gasteiger partial charge in [0.05, 0.1) is 9.79 Å². The summed E-state index contributed by atoms with van der Waals surface area (Å²) < 4.78 is 39.0. The maximum atomic E-state index is 13.1. The van der Waals surface area contributed by atoms with Gasteiger partial charge >= 0.3 is 0 Å². The molecular formula is C22H16FNO4S. The summed E-state index contributed by atoms with van der Waals surface area (Å²) in [4.78, 5) is 26.7. The number of amides is 1. The molecule has 0 aliphatic carbocycles. The summed E-state index contributed by atoms with van der Waals surface area (Å²) >= 11 is 0. The molecule has 0 unspecified atom stereocenters. The van der Waals surface area contributed by atoms with E-state index in [1.54, 1.807) is 31.3 Å². The average molecular weight is 409 g/mol. The number of carbonyl (C=O) groups excluding carboxylic acids is 2. The Bertz CT molecular complexity index is 1250. The first-order chi connectivity index (χ1) is 13.8. The minimum atomic E-state index is -3.91. The molecule has 0 spiro atoms. The van der Waals surface area contributed by atoms with Crippen LogP contribution in [0.4, 0.5) is 4.39 Å². The average Bonchev–Trinajstić information content (AvgIpc) is 2.73. The van der Waals surface area contributed by atoms with Crippen molar-refractivity contribution in [2.45, 2.75) is 16.3 Å². The van der Waals surface area contributed by atoms with Gasteiger partial charge in [-0.2, -0.15) is 0 Å². The molecule has 0 aromatic heterocycles. The van der Waals surface area contributed by atoms with E-state index in [0.717, 1.165) is 5.56 Å². The highest BCUT2D eigenvalue weighted by Gasteiger charge is 2.35. The number of rotatable bonds is 3. The monoisotopic (exact) mass is 409 g/mol. The normalized spacial score (nSPS) is 14.1. The van der Waals surface area contributed by atoms with Crippen molar-refractivity contribution >= 4 is 21.5 Å². The van der Waals surface area contributed by atoms with Crippen molar-refractivity contribution in [1.82, 2.24) is 4.90 Å². The van der Waals surface area contributed by atoms with Gasteiger partial charge in [0.25, 0.3) is 5.91 Å². The highest BCUT2D eigenvalue weighted by Crippen LogP contribution is 2.34. The fraction of sp³-hybridized carbons (Fsp3) is 0.0909. The van der Waals surface area contributed by atoms with Gasteiger partial charge in [0.15, 0.2) is 5.78 Å². The Labute approximate surface area is 167 Å². The molecule has 1 aliphatic heterocycles. The molecule has 4 rings (SSSR count). The smallest absolute Gasteiger partial charge is 0.253 e. The van der Waals surface area contributed by atoms with Gasteiger partial charge < -0.3 is 4.90 Å². The molecule has 0 saturated heterocycles. The van der Waals surface area contributed by atoms with E-state index in [1.807, 2.05) is 0 Å². The molecule has 1 aliphatic rings. The first-order valence-corrected chi connectivity index (χ1v) is 10.3. The van der Waals surface area contributed by atoms with Gasteiger partial charge in [0.2, 0.25) is 9.84 Å². The van der Waals surface area contributed by atoms with Crippen molar-refractivity contribution in [1.29, 1.82) is 0 Å². The lowest BCUT2D eigenvalue weighted by Crippen LogP contribution is -2.27. The third-order valence-corrected chi connectivity index (χ3v) is 6.72. The van der Waals surface area contributed by atoms with Crippen LogP contribution in [-0.2, 0) is 16.4 Å². The van der Waals surface area contributed by atoms with Crippen molar-refractivity contribution < 1.29 is 22.4 Å². The number of halogens is 1. The molecule has 0 fully saturated rings. The number of ketones is 1. The number of nitrogens with zero attached hydrogens (tertiary/aromatic N) is 1. The van der Waals surface area contributed by atoms with Gasteiger partial charge in [-0.15, -0.1) is 0 Å². The second-order valence-corrected chi connectivity index (χ2v) is 8.71. The lowest BCUT2D eigenvalue weighted by Gasteiger charge is -2.21. The third-order valence-electron chi connectivity index (χ3n) is 4.86. The Kier molecular flexibility index (Phi) is 4.55. The van der Waals surface area contributed by atoms with Gasteiger partial charge in [-0.1, -0.05) is 24.3 Å². The lowest BCUT2D eigenvalue weighted by molar-refractivity contribution is 0.0784. The van der Waals surface area contributed by atoms with Crippen molar-refractivity contribution in [2.24, 2.45) is 0 Å². The van der Waals surface area contributed by atoms with Crippen LogP contribution in [0, 0.1) is 5.82 Å². The van der Waals surface area contributed by atoms with Crippen LogP contribution in [0.3, 0.4) is 0 Å². The van der Waals surface area contributed by atoms with Crippen LogP contribution >= 0.6 is 0 Å². The fourth-order valence-corrected chi connectivity index (χ4v) is 5.05. The molecule has 0 saturated carbocycles. The molecule has 3 aromatic carbocycles. The van der Waals surface area contributed by atoms with Crippen LogP contribution in [-0.4, -0.2) is 32.1 Å².